The minimum Gasteiger partial charge on any atom is -0.372 e. The summed E-state index contributed by atoms with van der Waals surface area (Å²) in [7, 11) is 1.77. The van der Waals surface area contributed by atoms with E-state index in [0.717, 1.165) is 11.4 Å². The number of H-pyrrole nitrogens is 1. The summed E-state index contributed by atoms with van der Waals surface area (Å²) < 4.78 is 1.89. The van der Waals surface area contributed by atoms with Crippen molar-refractivity contribution in [2.75, 3.05) is 17.7 Å². The first-order valence-corrected chi connectivity index (χ1v) is 7.33. The molecule has 3 aromatic rings. The van der Waals surface area contributed by atoms with Gasteiger partial charge in [0, 0.05) is 25.5 Å². The normalized spacial score (nSPS) is 11.0. The largest absolute Gasteiger partial charge is 0.372 e. The molecule has 0 radical (unpaired) electrons. The van der Waals surface area contributed by atoms with Crippen molar-refractivity contribution < 1.29 is 0 Å². The van der Waals surface area contributed by atoms with Crippen LogP contribution in [0.25, 0.3) is 11.0 Å². The van der Waals surface area contributed by atoms with Gasteiger partial charge in [0.2, 0.25) is 5.95 Å². The van der Waals surface area contributed by atoms with Crippen LogP contribution in [-0.2, 0) is 0 Å². The molecule has 0 aliphatic heterocycles. The average molecular weight is 310 g/mol. The highest BCUT2D eigenvalue weighted by Gasteiger charge is 2.14. The molecule has 118 valence electrons. The van der Waals surface area contributed by atoms with Crippen LogP contribution in [-0.4, -0.2) is 31.8 Å². The van der Waals surface area contributed by atoms with Gasteiger partial charge < -0.3 is 15.6 Å². The zero-order chi connectivity index (χ0) is 16.6. The first kappa shape index (κ1) is 14.8. The zero-order valence-electron chi connectivity index (χ0n) is 13.5. The Labute approximate surface area is 133 Å². The molecule has 0 saturated heterocycles. The molecule has 0 atom stereocenters. The van der Waals surface area contributed by atoms with Gasteiger partial charge in [-0.1, -0.05) is 0 Å². The summed E-state index contributed by atoms with van der Waals surface area (Å²) in [4.78, 5) is 11.9. The van der Waals surface area contributed by atoms with Crippen molar-refractivity contribution in [1.29, 1.82) is 5.26 Å². The first-order chi connectivity index (χ1) is 11.0. The zero-order valence-corrected chi connectivity index (χ0v) is 13.5. The van der Waals surface area contributed by atoms with Crippen molar-refractivity contribution in [2.45, 2.75) is 26.8 Å². The summed E-state index contributed by atoms with van der Waals surface area (Å²) in [6.07, 6.45) is 3.56. The highest BCUT2D eigenvalue weighted by molar-refractivity contribution is 5.93. The Hall–Kier alpha value is -3.08. The lowest BCUT2D eigenvalue weighted by Gasteiger charge is -2.07. The number of fused-ring (bicyclic) bond motifs is 1. The SMILES string of the molecule is CNc1nc(Nc2cn(C(C)C)nc2C)nc2[nH]cc(C#N)c12. The molecule has 0 aliphatic rings. The lowest BCUT2D eigenvalue weighted by atomic mass is 10.2. The molecular formula is C15H18N8. The third-order valence-corrected chi connectivity index (χ3v) is 3.58. The van der Waals surface area contributed by atoms with Crippen LogP contribution in [0.15, 0.2) is 12.4 Å². The van der Waals surface area contributed by atoms with Gasteiger partial charge in [0.25, 0.3) is 0 Å². The Morgan fingerprint density at radius 3 is 2.74 bits per heavy atom. The Bertz CT molecular complexity index is 896. The van der Waals surface area contributed by atoms with Crippen molar-refractivity contribution in [2.24, 2.45) is 0 Å². The summed E-state index contributed by atoms with van der Waals surface area (Å²) >= 11 is 0. The van der Waals surface area contributed by atoms with Crippen LogP contribution in [0, 0.1) is 18.3 Å². The fourth-order valence-electron chi connectivity index (χ4n) is 2.35. The van der Waals surface area contributed by atoms with E-state index in [1.807, 2.05) is 17.8 Å². The van der Waals surface area contributed by atoms with E-state index in [4.69, 9.17) is 5.26 Å². The number of hydrogen-bond donors (Lipinski definition) is 3. The van der Waals surface area contributed by atoms with E-state index in [0.29, 0.717) is 28.4 Å². The van der Waals surface area contributed by atoms with Crippen LogP contribution in [0.4, 0.5) is 17.5 Å². The predicted octanol–water partition coefficient (Wildman–Crippen LogP) is 2.70. The molecule has 0 aromatic carbocycles. The topological polar surface area (TPSA) is 107 Å². The molecule has 3 heterocycles. The van der Waals surface area contributed by atoms with Gasteiger partial charge in [-0.3, -0.25) is 4.68 Å². The molecule has 0 saturated carbocycles. The van der Waals surface area contributed by atoms with Gasteiger partial charge in [0.15, 0.2) is 0 Å². The van der Waals surface area contributed by atoms with Gasteiger partial charge in [-0.2, -0.15) is 20.3 Å². The van der Waals surface area contributed by atoms with Crippen molar-refractivity contribution in [3.05, 3.63) is 23.7 Å². The number of rotatable bonds is 4. The van der Waals surface area contributed by atoms with Gasteiger partial charge in [0.05, 0.1) is 22.3 Å². The number of nitrogens with one attached hydrogen (secondary N) is 3. The van der Waals surface area contributed by atoms with Crippen molar-refractivity contribution in [3.8, 4) is 6.07 Å². The average Bonchev–Trinajstić information content (AvgIpc) is 3.10. The highest BCUT2D eigenvalue weighted by atomic mass is 15.3. The van der Waals surface area contributed by atoms with E-state index >= 15 is 0 Å². The van der Waals surface area contributed by atoms with Crippen LogP contribution in [0.3, 0.4) is 0 Å². The molecule has 8 nitrogen and oxygen atoms in total. The molecular weight excluding hydrogens is 292 g/mol. The minimum atomic E-state index is 0.280. The van der Waals surface area contributed by atoms with Crippen LogP contribution >= 0.6 is 0 Å². The van der Waals surface area contributed by atoms with Gasteiger partial charge in [-0.15, -0.1) is 0 Å². The lowest BCUT2D eigenvalue weighted by Crippen LogP contribution is -2.02. The van der Waals surface area contributed by atoms with Gasteiger partial charge in [0.1, 0.15) is 17.5 Å². The van der Waals surface area contributed by atoms with E-state index in [1.165, 1.54) is 0 Å². The van der Waals surface area contributed by atoms with Crippen molar-refractivity contribution in [3.63, 3.8) is 0 Å². The monoisotopic (exact) mass is 310 g/mol. The third kappa shape index (κ3) is 2.57. The van der Waals surface area contributed by atoms with Crippen LogP contribution < -0.4 is 10.6 Å². The Kier molecular flexibility index (Phi) is 3.62. The first-order valence-electron chi connectivity index (χ1n) is 7.33. The number of nitrogens with zero attached hydrogens (tertiary/aromatic N) is 5. The lowest BCUT2D eigenvalue weighted by molar-refractivity contribution is 0.529. The molecule has 0 amide bonds. The van der Waals surface area contributed by atoms with E-state index in [9.17, 15) is 0 Å². The Morgan fingerprint density at radius 1 is 1.35 bits per heavy atom. The van der Waals surface area contributed by atoms with Crippen LogP contribution in [0.1, 0.15) is 31.1 Å². The van der Waals surface area contributed by atoms with Crippen molar-refractivity contribution in [1.82, 2.24) is 24.7 Å². The van der Waals surface area contributed by atoms with E-state index in [2.05, 4.69) is 50.6 Å². The third-order valence-electron chi connectivity index (χ3n) is 3.58. The number of hydrogen-bond acceptors (Lipinski definition) is 6. The van der Waals surface area contributed by atoms with E-state index in [1.54, 1.807) is 13.2 Å². The summed E-state index contributed by atoms with van der Waals surface area (Å²) in [6, 6.07) is 2.41. The molecule has 8 heteroatoms. The van der Waals surface area contributed by atoms with E-state index in [-0.39, 0.29) is 6.04 Å². The smallest absolute Gasteiger partial charge is 0.231 e. The number of aromatic amines is 1. The van der Waals surface area contributed by atoms with Crippen LogP contribution in [0.2, 0.25) is 0 Å². The fourth-order valence-corrected chi connectivity index (χ4v) is 2.35. The highest BCUT2D eigenvalue weighted by Crippen LogP contribution is 2.26. The maximum absolute atomic E-state index is 9.16. The maximum atomic E-state index is 9.16. The number of aryl methyl sites for hydroxylation is 1. The molecule has 23 heavy (non-hydrogen) atoms. The predicted molar refractivity (Wildman–Crippen MR) is 88.8 cm³/mol. The number of aromatic nitrogens is 5. The maximum Gasteiger partial charge on any atom is 0.231 e. The Balaban J connectivity index is 2.03. The standard InChI is InChI=1S/C15H18N8/c1-8(2)23-7-11(9(3)22-23)19-15-20-13(17-4)12-10(5-16)6-18-14(12)21-15/h6-8H,1-4H3,(H3,17,18,19,20,21). The second-order valence-corrected chi connectivity index (χ2v) is 5.51. The fraction of sp³-hybridized carbons (Fsp3) is 0.333. The summed E-state index contributed by atoms with van der Waals surface area (Å²) in [5.74, 6) is 1.05. The molecule has 0 spiro atoms. The molecule has 0 aliphatic carbocycles. The molecule has 3 rings (SSSR count). The van der Waals surface area contributed by atoms with Gasteiger partial charge in [-0.05, 0) is 20.8 Å². The summed E-state index contributed by atoms with van der Waals surface area (Å²) in [6.45, 7) is 6.07. The summed E-state index contributed by atoms with van der Waals surface area (Å²) in [5.41, 5.74) is 2.85. The molecule has 3 aromatic heterocycles. The molecule has 3 N–H and O–H groups in total. The van der Waals surface area contributed by atoms with Crippen LogP contribution in [0.5, 0.6) is 0 Å². The number of nitriles is 1. The van der Waals surface area contributed by atoms with E-state index < -0.39 is 0 Å². The number of anilines is 3. The van der Waals surface area contributed by atoms with Gasteiger partial charge in [-0.25, -0.2) is 0 Å². The molecule has 0 unspecified atom stereocenters. The second-order valence-electron chi connectivity index (χ2n) is 5.51. The molecule has 0 bridgehead atoms. The minimum absolute atomic E-state index is 0.280. The van der Waals surface area contributed by atoms with Gasteiger partial charge >= 0.3 is 0 Å². The van der Waals surface area contributed by atoms with Crippen molar-refractivity contribution >= 4 is 28.5 Å². The Morgan fingerprint density at radius 2 is 2.13 bits per heavy atom. The summed E-state index contributed by atoms with van der Waals surface area (Å²) in [5, 5.41) is 20.5. The second kappa shape index (κ2) is 5.61. The molecule has 0 fully saturated rings. The quantitative estimate of drug-likeness (QED) is 0.684.